The summed E-state index contributed by atoms with van der Waals surface area (Å²) in [6, 6.07) is 24.8. The Morgan fingerprint density at radius 2 is 1.61 bits per heavy atom. The lowest BCUT2D eigenvalue weighted by molar-refractivity contribution is 0.0518. The summed E-state index contributed by atoms with van der Waals surface area (Å²) in [5.74, 6) is 0.227. The molecule has 1 saturated heterocycles. The van der Waals surface area contributed by atoms with Crippen LogP contribution in [0.4, 0.5) is 5.69 Å². The van der Waals surface area contributed by atoms with Crippen LogP contribution in [0.25, 0.3) is 17.1 Å². The van der Waals surface area contributed by atoms with Gasteiger partial charge >= 0.3 is 5.97 Å². The van der Waals surface area contributed by atoms with Gasteiger partial charge in [-0.15, -0.1) is 0 Å². The maximum Gasteiger partial charge on any atom is 0.358 e. The Balaban J connectivity index is 1.33. The van der Waals surface area contributed by atoms with Gasteiger partial charge < -0.3 is 14.5 Å². The van der Waals surface area contributed by atoms with E-state index >= 15 is 0 Å². The van der Waals surface area contributed by atoms with Crippen molar-refractivity contribution in [1.82, 2.24) is 19.7 Å². The summed E-state index contributed by atoms with van der Waals surface area (Å²) in [6.45, 7) is 4.91. The van der Waals surface area contributed by atoms with E-state index in [2.05, 4.69) is 27.1 Å². The highest BCUT2D eigenvalue weighted by Gasteiger charge is 2.23. The molecule has 3 heterocycles. The third-order valence-corrected chi connectivity index (χ3v) is 6.18. The van der Waals surface area contributed by atoms with Crippen LogP contribution in [0.5, 0.6) is 0 Å². The highest BCUT2D eigenvalue weighted by Crippen LogP contribution is 2.27. The van der Waals surface area contributed by atoms with E-state index in [0.29, 0.717) is 18.9 Å². The van der Waals surface area contributed by atoms with Crippen LogP contribution in [0.2, 0.25) is 0 Å². The third kappa shape index (κ3) is 4.84. The molecular formula is C28H27N5O3. The summed E-state index contributed by atoms with van der Waals surface area (Å²) in [6.07, 6.45) is 1.69. The molecule has 0 saturated carbocycles. The minimum Gasteiger partial charge on any atom is -0.461 e. The zero-order chi connectivity index (χ0) is 24.9. The molecule has 8 heteroatoms. The number of carbonyl (C=O) groups is 2. The second kappa shape index (κ2) is 10.4. The SMILES string of the molecule is CCOC(=O)c1cc(-c2ccc(N3CCN(C(=O)c4ccccc4)CC3)cc2)n(-c2ccccn2)n1. The van der Waals surface area contributed by atoms with Gasteiger partial charge in [-0.25, -0.2) is 14.5 Å². The smallest absolute Gasteiger partial charge is 0.358 e. The molecule has 0 atom stereocenters. The highest BCUT2D eigenvalue weighted by atomic mass is 16.5. The number of aromatic nitrogens is 3. The topological polar surface area (TPSA) is 80.6 Å². The van der Waals surface area contributed by atoms with Gasteiger partial charge in [0.25, 0.3) is 5.91 Å². The van der Waals surface area contributed by atoms with Crippen molar-refractivity contribution in [3.63, 3.8) is 0 Å². The van der Waals surface area contributed by atoms with Crippen molar-refractivity contribution in [3.8, 4) is 17.1 Å². The summed E-state index contributed by atoms with van der Waals surface area (Å²) in [5, 5.41) is 4.47. The Hall–Kier alpha value is -4.46. The zero-order valence-electron chi connectivity index (χ0n) is 20.1. The molecule has 8 nitrogen and oxygen atoms in total. The summed E-state index contributed by atoms with van der Waals surface area (Å²) in [4.78, 5) is 33.7. The second-order valence-corrected chi connectivity index (χ2v) is 8.43. The Bertz CT molecular complexity index is 1330. The molecule has 2 aromatic heterocycles. The maximum atomic E-state index is 12.7. The number of rotatable bonds is 6. The molecule has 4 aromatic rings. The summed E-state index contributed by atoms with van der Waals surface area (Å²) < 4.78 is 6.81. The van der Waals surface area contributed by atoms with Gasteiger partial charge in [0.2, 0.25) is 0 Å². The number of benzene rings is 2. The Kier molecular flexibility index (Phi) is 6.75. The van der Waals surface area contributed by atoms with Crippen molar-refractivity contribution in [2.75, 3.05) is 37.7 Å². The number of nitrogens with zero attached hydrogens (tertiary/aromatic N) is 5. The number of hydrogen-bond donors (Lipinski definition) is 0. The summed E-state index contributed by atoms with van der Waals surface area (Å²) >= 11 is 0. The molecule has 0 N–H and O–H groups in total. The minimum atomic E-state index is -0.465. The fraction of sp³-hybridized carbons (Fsp3) is 0.214. The first kappa shape index (κ1) is 23.3. The lowest BCUT2D eigenvalue weighted by Gasteiger charge is -2.36. The molecule has 0 bridgehead atoms. The molecule has 2 aromatic carbocycles. The van der Waals surface area contributed by atoms with Crippen molar-refractivity contribution >= 4 is 17.6 Å². The first-order valence-electron chi connectivity index (χ1n) is 12.0. The van der Waals surface area contributed by atoms with Gasteiger partial charge in [-0.1, -0.05) is 36.4 Å². The van der Waals surface area contributed by atoms with Crippen LogP contribution >= 0.6 is 0 Å². The van der Waals surface area contributed by atoms with Crippen LogP contribution in [0.3, 0.4) is 0 Å². The number of hydrogen-bond acceptors (Lipinski definition) is 6. The van der Waals surface area contributed by atoms with Crippen LogP contribution in [-0.2, 0) is 4.74 Å². The van der Waals surface area contributed by atoms with Crippen LogP contribution in [0, 0.1) is 0 Å². The van der Waals surface area contributed by atoms with Gasteiger partial charge in [-0.2, -0.15) is 5.10 Å². The van der Waals surface area contributed by atoms with Crippen molar-refractivity contribution in [2.24, 2.45) is 0 Å². The fourth-order valence-electron chi connectivity index (χ4n) is 4.32. The van der Waals surface area contributed by atoms with Gasteiger partial charge in [-0.3, -0.25) is 4.79 Å². The van der Waals surface area contributed by atoms with Crippen LogP contribution in [0.15, 0.2) is 85.1 Å². The second-order valence-electron chi connectivity index (χ2n) is 8.43. The van der Waals surface area contributed by atoms with E-state index in [1.54, 1.807) is 23.9 Å². The van der Waals surface area contributed by atoms with Gasteiger partial charge in [0, 0.05) is 49.2 Å². The number of esters is 1. The normalized spacial score (nSPS) is 13.5. The first-order chi connectivity index (χ1) is 17.6. The third-order valence-electron chi connectivity index (χ3n) is 6.18. The number of pyridine rings is 1. The molecule has 0 unspecified atom stereocenters. The Labute approximate surface area is 209 Å². The highest BCUT2D eigenvalue weighted by molar-refractivity contribution is 5.94. The van der Waals surface area contributed by atoms with Crippen molar-refractivity contribution in [2.45, 2.75) is 6.92 Å². The largest absolute Gasteiger partial charge is 0.461 e. The molecule has 1 aliphatic heterocycles. The van der Waals surface area contributed by atoms with Gasteiger partial charge in [-0.05, 0) is 49.4 Å². The maximum absolute atomic E-state index is 12.7. The lowest BCUT2D eigenvalue weighted by Crippen LogP contribution is -2.48. The molecule has 1 fully saturated rings. The number of carbonyl (C=O) groups excluding carboxylic acids is 2. The van der Waals surface area contributed by atoms with E-state index in [1.165, 1.54) is 0 Å². The minimum absolute atomic E-state index is 0.0748. The van der Waals surface area contributed by atoms with Crippen molar-refractivity contribution < 1.29 is 14.3 Å². The monoisotopic (exact) mass is 481 g/mol. The number of piperazine rings is 1. The fourth-order valence-corrected chi connectivity index (χ4v) is 4.32. The average molecular weight is 482 g/mol. The molecule has 182 valence electrons. The van der Waals surface area contributed by atoms with Gasteiger partial charge in [0.1, 0.15) is 0 Å². The Morgan fingerprint density at radius 1 is 0.889 bits per heavy atom. The number of anilines is 1. The van der Waals surface area contributed by atoms with E-state index < -0.39 is 5.97 Å². The lowest BCUT2D eigenvalue weighted by atomic mass is 10.1. The van der Waals surface area contributed by atoms with Gasteiger partial charge in [0.15, 0.2) is 11.5 Å². The van der Waals surface area contributed by atoms with Crippen LogP contribution in [-0.4, -0.2) is 64.3 Å². The van der Waals surface area contributed by atoms with Crippen LogP contribution in [0.1, 0.15) is 27.8 Å². The predicted octanol–water partition coefficient (Wildman–Crippen LogP) is 4.07. The molecule has 0 radical (unpaired) electrons. The van der Waals surface area contributed by atoms with E-state index in [0.717, 1.165) is 35.6 Å². The molecule has 36 heavy (non-hydrogen) atoms. The van der Waals surface area contributed by atoms with Crippen molar-refractivity contribution in [3.05, 3.63) is 96.3 Å². The Morgan fingerprint density at radius 3 is 2.28 bits per heavy atom. The van der Waals surface area contributed by atoms with E-state index in [9.17, 15) is 9.59 Å². The van der Waals surface area contributed by atoms with Crippen LogP contribution < -0.4 is 4.90 Å². The standard InChI is InChI=1S/C28H27N5O3/c1-2-36-28(35)24-20-25(33(30-24)26-10-6-7-15-29-26)21-11-13-23(14-12-21)31-16-18-32(19-17-31)27(34)22-8-4-3-5-9-22/h3-15,20H,2,16-19H2,1H3. The summed E-state index contributed by atoms with van der Waals surface area (Å²) in [5.41, 5.74) is 3.70. The summed E-state index contributed by atoms with van der Waals surface area (Å²) in [7, 11) is 0. The quantitative estimate of drug-likeness (QED) is 0.386. The molecule has 1 aliphatic rings. The first-order valence-corrected chi connectivity index (χ1v) is 12.0. The molecule has 0 aliphatic carbocycles. The van der Waals surface area contributed by atoms with E-state index in [1.807, 2.05) is 65.6 Å². The van der Waals surface area contributed by atoms with E-state index in [4.69, 9.17) is 4.74 Å². The van der Waals surface area contributed by atoms with E-state index in [-0.39, 0.29) is 18.2 Å². The number of amides is 1. The molecule has 5 rings (SSSR count). The molecular weight excluding hydrogens is 454 g/mol. The van der Waals surface area contributed by atoms with Gasteiger partial charge in [0.05, 0.1) is 12.3 Å². The zero-order valence-corrected chi connectivity index (χ0v) is 20.1. The molecule has 1 amide bonds. The average Bonchev–Trinajstić information content (AvgIpc) is 3.40. The van der Waals surface area contributed by atoms with Crippen molar-refractivity contribution in [1.29, 1.82) is 0 Å². The predicted molar refractivity (Wildman–Crippen MR) is 137 cm³/mol. The molecule has 0 spiro atoms. The number of ether oxygens (including phenoxy) is 1.